The second-order valence-electron chi connectivity index (χ2n) is 6.62. The summed E-state index contributed by atoms with van der Waals surface area (Å²) in [5, 5.41) is 20.4. The number of rotatable bonds is 4. The summed E-state index contributed by atoms with van der Waals surface area (Å²) in [6, 6.07) is 2.33. The third-order valence-electron chi connectivity index (χ3n) is 4.98. The number of hydrogen-bond donors (Lipinski definition) is 1. The summed E-state index contributed by atoms with van der Waals surface area (Å²) in [5.41, 5.74) is -3.08. The number of carboxylic acids is 1. The van der Waals surface area contributed by atoms with E-state index in [1.54, 1.807) is 0 Å². The molecule has 0 bridgehead atoms. The van der Waals surface area contributed by atoms with Crippen LogP contribution in [0.5, 0.6) is 0 Å². The predicted octanol–water partition coefficient (Wildman–Crippen LogP) is 2.13. The van der Waals surface area contributed by atoms with Crippen molar-refractivity contribution < 1.29 is 32.8 Å². The molecule has 0 unspecified atom stereocenters. The lowest BCUT2D eigenvalue weighted by Gasteiger charge is -2.37. The van der Waals surface area contributed by atoms with Crippen LogP contribution in [-0.4, -0.2) is 53.0 Å². The van der Waals surface area contributed by atoms with Gasteiger partial charge in [0.15, 0.2) is 0 Å². The van der Waals surface area contributed by atoms with E-state index in [1.165, 1.54) is 9.80 Å². The third kappa shape index (κ3) is 3.40. The zero-order chi connectivity index (χ0) is 20.0. The zero-order valence-electron chi connectivity index (χ0n) is 14.0. The Balaban J connectivity index is 1.75. The van der Waals surface area contributed by atoms with Gasteiger partial charge in [-0.3, -0.25) is 19.7 Å². The van der Waals surface area contributed by atoms with Crippen molar-refractivity contribution >= 4 is 23.3 Å². The first-order valence-corrected chi connectivity index (χ1v) is 8.19. The zero-order valence-corrected chi connectivity index (χ0v) is 14.0. The standard InChI is InChI=1S/C16H16F3N3O5/c17-16(18,19)10-1-2-11(12(9-10)22(26)27)20-5-7-21(8-6-20)13(23)15(3-4-15)14(24)25/h1-2,9H,3-8H2,(H,24,25). The summed E-state index contributed by atoms with van der Waals surface area (Å²) in [6.45, 7) is 0.610. The molecule has 8 nitrogen and oxygen atoms in total. The number of halogens is 3. The number of nitro groups is 1. The average molecular weight is 387 g/mol. The molecule has 27 heavy (non-hydrogen) atoms. The first-order valence-electron chi connectivity index (χ1n) is 8.19. The molecule has 1 aromatic carbocycles. The molecule has 11 heteroatoms. The number of carbonyl (C=O) groups excluding carboxylic acids is 1. The van der Waals surface area contributed by atoms with Gasteiger partial charge in [-0.25, -0.2) is 0 Å². The van der Waals surface area contributed by atoms with E-state index >= 15 is 0 Å². The van der Waals surface area contributed by atoms with Crippen LogP contribution >= 0.6 is 0 Å². The lowest BCUT2D eigenvalue weighted by molar-refractivity contribution is -0.384. The number of alkyl halides is 3. The maximum Gasteiger partial charge on any atom is 0.416 e. The van der Waals surface area contributed by atoms with Crippen LogP contribution in [0.3, 0.4) is 0 Å². The number of aliphatic carboxylic acids is 1. The topological polar surface area (TPSA) is 104 Å². The highest BCUT2D eigenvalue weighted by molar-refractivity contribution is 6.04. The number of nitrogens with zero attached hydrogens (tertiary/aromatic N) is 3. The van der Waals surface area contributed by atoms with Crippen LogP contribution in [0.25, 0.3) is 0 Å². The second kappa shape index (κ2) is 6.39. The second-order valence-corrected chi connectivity index (χ2v) is 6.62. The van der Waals surface area contributed by atoms with Gasteiger partial charge in [0.05, 0.1) is 10.5 Å². The van der Waals surface area contributed by atoms with Crippen LogP contribution in [0.15, 0.2) is 18.2 Å². The molecule has 1 amide bonds. The van der Waals surface area contributed by atoms with Gasteiger partial charge in [-0.1, -0.05) is 0 Å². The molecule has 1 heterocycles. The number of benzene rings is 1. The first-order chi connectivity index (χ1) is 12.6. The highest BCUT2D eigenvalue weighted by Gasteiger charge is 2.58. The lowest BCUT2D eigenvalue weighted by Crippen LogP contribution is -2.52. The first kappa shape index (κ1) is 18.9. The third-order valence-corrected chi connectivity index (χ3v) is 4.98. The van der Waals surface area contributed by atoms with E-state index in [2.05, 4.69) is 0 Å². The highest BCUT2D eigenvalue weighted by atomic mass is 19.4. The molecule has 1 aromatic rings. The monoisotopic (exact) mass is 387 g/mol. The number of nitro benzene ring substituents is 1. The van der Waals surface area contributed by atoms with Crippen LogP contribution in [-0.2, 0) is 15.8 Å². The fraction of sp³-hybridized carbons (Fsp3) is 0.500. The van der Waals surface area contributed by atoms with E-state index in [0.29, 0.717) is 6.07 Å². The van der Waals surface area contributed by atoms with Crippen molar-refractivity contribution in [3.63, 3.8) is 0 Å². The van der Waals surface area contributed by atoms with E-state index in [1.807, 2.05) is 0 Å². The summed E-state index contributed by atoms with van der Waals surface area (Å²) >= 11 is 0. The van der Waals surface area contributed by atoms with Gasteiger partial charge in [-0.15, -0.1) is 0 Å². The van der Waals surface area contributed by atoms with Crippen LogP contribution in [0.2, 0.25) is 0 Å². The SMILES string of the molecule is O=C(O)C1(C(=O)N2CCN(c3ccc(C(F)(F)F)cc3[N+](=O)[O-])CC2)CC1. The van der Waals surface area contributed by atoms with E-state index in [0.717, 1.165) is 12.1 Å². The fourth-order valence-electron chi connectivity index (χ4n) is 3.21. The minimum Gasteiger partial charge on any atom is -0.480 e. The maximum atomic E-state index is 12.8. The molecule has 2 aliphatic rings. The molecular formula is C16H16F3N3O5. The van der Waals surface area contributed by atoms with Gasteiger partial charge < -0.3 is 14.9 Å². The van der Waals surface area contributed by atoms with Gasteiger partial charge in [0.2, 0.25) is 5.91 Å². The normalized spacial score (nSPS) is 18.9. The molecule has 1 saturated heterocycles. The van der Waals surface area contributed by atoms with E-state index in [9.17, 15) is 38.0 Å². The average Bonchev–Trinajstić information content (AvgIpc) is 3.42. The minimum atomic E-state index is -4.69. The largest absolute Gasteiger partial charge is 0.480 e. The van der Waals surface area contributed by atoms with Gasteiger partial charge in [-0.2, -0.15) is 13.2 Å². The number of piperazine rings is 1. The molecule has 0 atom stereocenters. The van der Waals surface area contributed by atoms with Crippen molar-refractivity contribution in [2.45, 2.75) is 19.0 Å². The van der Waals surface area contributed by atoms with E-state index in [-0.39, 0.29) is 44.7 Å². The van der Waals surface area contributed by atoms with Crippen molar-refractivity contribution in [2.75, 3.05) is 31.1 Å². The number of carboxylic acid groups (broad SMARTS) is 1. The predicted molar refractivity (Wildman–Crippen MR) is 86.2 cm³/mol. The van der Waals surface area contributed by atoms with Crippen LogP contribution in [0.1, 0.15) is 18.4 Å². The molecule has 2 fully saturated rings. The molecule has 1 saturated carbocycles. The Morgan fingerprint density at radius 1 is 1.15 bits per heavy atom. The smallest absolute Gasteiger partial charge is 0.416 e. The van der Waals surface area contributed by atoms with Gasteiger partial charge in [0.1, 0.15) is 11.1 Å². The fourth-order valence-corrected chi connectivity index (χ4v) is 3.21. The Morgan fingerprint density at radius 2 is 1.74 bits per heavy atom. The van der Waals surface area contributed by atoms with E-state index < -0.39 is 39.6 Å². The van der Waals surface area contributed by atoms with E-state index in [4.69, 9.17) is 0 Å². The minimum absolute atomic E-state index is 0.0412. The molecule has 3 rings (SSSR count). The van der Waals surface area contributed by atoms with Crippen molar-refractivity contribution in [3.8, 4) is 0 Å². The van der Waals surface area contributed by atoms with Gasteiger partial charge in [0, 0.05) is 32.2 Å². The van der Waals surface area contributed by atoms with Crippen molar-refractivity contribution in [1.82, 2.24) is 4.90 Å². The summed E-state index contributed by atoms with van der Waals surface area (Å²) in [4.78, 5) is 36.9. The van der Waals surface area contributed by atoms with Crippen LogP contribution < -0.4 is 4.90 Å². The summed E-state index contributed by atoms with van der Waals surface area (Å²) in [6.07, 6.45) is -4.12. The Hall–Kier alpha value is -2.85. The van der Waals surface area contributed by atoms with Gasteiger partial charge in [-0.05, 0) is 25.0 Å². The molecule has 0 radical (unpaired) electrons. The highest BCUT2D eigenvalue weighted by Crippen LogP contribution is 2.47. The lowest BCUT2D eigenvalue weighted by atomic mass is 10.1. The Labute approximate surface area is 151 Å². The molecule has 0 aromatic heterocycles. The Kier molecular flexibility index (Phi) is 4.48. The van der Waals surface area contributed by atoms with Crippen LogP contribution in [0.4, 0.5) is 24.5 Å². The molecule has 146 valence electrons. The van der Waals surface area contributed by atoms with Crippen molar-refractivity contribution in [3.05, 3.63) is 33.9 Å². The van der Waals surface area contributed by atoms with Gasteiger partial charge in [0.25, 0.3) is 5.69 Å². The number of anilines is 1. The summed E-state index contributed by atoms with van der Waals surface area (Å²) in [7, 11) is 0. The van der Waals surface area contributed by atoms with Crippen LogP contribution in [0, 0.1) is 15.5 Å². The molecule has 1 aliphatic carbocycles. The van der Waals surface area contributed by atoms with Crippen molar-refractivity contribution in [1.29, 1.82) is 0 Å². The quantitative estimate of drug-likeness (QED) is 0.482. The molecular weight excluding hydrogens is 371 g/mol. The number of hydrogen-bond acceptors (Lipinski definition) is 5. The number of carbonyl (C=O) groups is 2. The summed E-state index contributed by atoms with van der Waals surface area (Å²) in [5.74, 6) is -1.63. The van der Waals surface area contributed by atoms with Crippen molar-refractivity contribution in [2.24, 2.45) is 5.41 Å². The number of amides is 1. The molecule has 0 spiro atoms. The summed E-state index contributed by atoms with van der Waals surface area (Å²) < 4.78 is 38.4. The Morgan fingerprint density at radius 3 is 2.19 bits per heavy atom. The molecule has 1 aliphatic heterocycles. The maximum absolute atomic E-state index is 12.8. The Bertz CT molecular complexity index is 799. The van der Waals surface area contributed by atoms with Gasteiger partial charge >= 0.3 is 12.1 Å². The molecule has 1 N–H and O–H groups in total.